The third kappa shape index (κ3) is 4.11. The smallest absolute Gasteiger partial charge is 0.146 e. The molecule has 3 aromatic heterocycles. The van der Waals surface area contributed by atoms with Gasteiger partial charge in [0.2, 0.25) is 0 Å². The number of aromatic nitrogens is 3. The minimum atomic E-state index is 0.564. The van der Waals surface area contributed by atoms with Crippen molar-refractivity contribution in [1.29, 1.82) is 5.26 Å². The van der Waals surface area contributed by atoms with Crippen LogP contribution in [0.1, 0.15) is 22.3 Å². The molecule has 7 aromatic rings. The molecule has 0 aliphatic carbocycles. The van der Waals surface area contributed by atoms with Crippen molar-refractivity contribution in [3.05, 3.63) is 113 Å². The summed E-state index contributed by atoms with van der Waals surface area (Å²) >= 11 is 0. The zero-order chi connectivity index (χ0) is 26.3. The Morgan fingerprint density at radius 1 is 0.667 bits per heavy atom. The molecule has 0 atom stereocenters. The average Bonchev–Trinajstić information content (AvgIpc) is 3.52. The maximum atomic E-state index is 9.84. The van der Waals surface area contributed by atoms with E-state index in [2.05, 4.69) is 99.5 Å². The molecule has 0 aliphatic rings. The number of nitrogens with zero attached hydrogens (tertiary/aromatic N) is 2. The topological polar surface area (TPSA) is 92.3 Å². The highest BCUT2D eigenvalue weighted by molar-refractivity contribution is 6.08. The largest absolute Gasteiger partial charge is 0.366 e. The highest BCUT2D eigenvalue weighted by Gasteiger charge is 2.12. The lowest BCUT2D eigenvalue weighted by Gasteiger charge is -2.13. The van der Waals surface area contributed by atoms with Gasteiger partial charge in [0.25, 0.3) is 0 Å². The van der Waals surface area contributed by atoms with Crippen LogP contribution >= 0.6 is 0 Å². The van der Waals surface area contributed by atoms with Crippen LogP contribution < -0.4 is 10.6 Å². The summed E-state index contributed by atoms with van der Waals surface area (Å²) in [5.41, 5.74) is 8.25. The molecule has 0 unspecified atom stereocenters. The van der Waals surface area contributed by atoms with Gasteiger partial charge in [-0.1, -0.05) is 48.5 Å². The van der Waals surface area contributed by atoms with Crippen molar-refractivity contribution >= 4 is 55.2 Å². The maximum absolute atomic E-state index is 9.84. The molecule has 0 saturated carbocycles. The minimum absolute atomic E-state index is 0.564. The third-order valence-electron chi connectivity index (χ3n) is 7.40. The van der Waals surface area contributed by atoms with Crippen LogP contribution in [0, 0.1) is 18.3 Å². The molecule has 39 heavy (non-hydrogen) atoms. The number of aryl methyl sites for hydroxylation is 1. The van der Waals surface area contributed by atoms with Crippen molar-refractivity contribution in [2.45, 2.75) is 20.0 Å². The highest BCUT2D eigenvalue weighted by Crippen LogP contribution is 2.28. The van der Waals surface area contributed by atoms with Gasteiger partial charge in [-0.25, -0.2) is 4.98 Å². The first-order chi connectivity index (χ1) is 19.2. The molecule has 0 saturated heterocycles. The van der Waals surface area contributed by atoms with E-state index < -0.39 is 0 Å². The van der Waals surface area contributed by atoms with Gasteiger partial charge in [-0.2, -0.15) is 5.26 Å². The van der Waals surface area contributed by atoms with Gasteiger partial charge in [0, 0.05) is 56.7 Å². The van der Waals surface area contributed by atoms with E-state index in [4.69, 9.17) is 4.98 Å². The molecule has 6 nitrogen and oxygen atoms in total. The van der Waals surface area contributed by atoms with E-state index >= 15 is 0 Å². The number of benzene rings is 4. The lowest BCUT2D eigenvalue weighted by molar-refractivity contribution is 1.07. The maximum Gasteiger partial charge on any atom is 0.146 e. The molecule has 0 aliphatic heterocycles. The first-order valence-electron chi connectivity index (χ1n) is 13.0. The summed E-state index contributed by atoms with van der Waals surface area (Å²) in [5.74, 6) is 1.33. The lowest BCUT2D eigenvalue weighted by atomic mass is 10.1. The zero-order valence-corrected chi connectivity index (χ0v) is 21.5. The van der Waals surface area contributed by atoms with Crippen molar-refractivity contribution in [3.8, 4) is 6.07 Å². The number of rotatable bonds is 6. The van der Waals surface area contributed by atoms with Crippen LogP contribution in [0.3, 0.4) is 0 Å². The molecule has 0 radical (unpaired) electrons. The van der Waals surface area contributed by atoms with Crippen LogP contribution in [-0.2, 0) is 13.1 Å². The number of pyridine rings is 1. The molecule has 3 heterocycles. The summed E-state index contributed by atoms with van der Waals surface area (Å²) in [6.07, 6.45) is 0. The number of H-pyrrole nitrogens is 2. The Labute approximate surface area is 225 Å². The number of aromatic amines is 2. The Bertz CT molecular complexity index is 2060. The van der Waals surface area contributed by atoms with Gasteiger partial charge in [0.05, 0.1) is 5.56 Å². The number of anilines is 2. The zero-order valence-electron chi connectivity index (χ0n) is 21.5. The Morgan fingerprint density at radius 2 is 1.21 bits per heavy atom. The number of para-hydroxylation sites is 2. The highest BCUT2D eigenvalue weighted by atomic mass is 15.1. The molecule has 6 heteroatoms. The quantitative estimate of drug-likeness (QED) is 0.185. The number of hydrogen-bond donors (Lipinski definition) is 4. The summed E-state index contributed by atoms with van der Waals surface area (Å²) in [6.45, 7) is 3.15. The Kier molecular flexibility index (Phi) is 5.42. The second-order valence-electron chi connectivity index (χ2n) is 9.97. The van der Waals surface area contributed by atoms with Gasteiger partial charge in [-0.3, -0.25) is 0 Å². The summed E-state index contributed by atoms with van der Waals surface area (Å²) in [5, 5.41) is 21.5. The van der Waals surface area contributed by atoms with Crippen LogP contribution in [0.5, 0.6) is 0 Å². The van der Waals surface area contributed by atoms with Gasteiger partial charge in [0.15, 0.2) is 0 Å². The van der Waals surface area contributed by atoms with Crippen molar-refractivity contribution in [1.82, 2.24) is 15.0 Å². The van der Waals surface area contributed by atoms with E-state index in [1.54, 1.807) is 0 Å². The fourth-order valence-electron chi connectivity index (χ4n) is 5.42. The molecular formula is C33H26N6. The molecule has 4 aromatic carbocycles. The lowest BCUT2D eigenvalue weighted by Crippen LogP contribution is -2.08. The first-order valence-corrected chi connectivity index (χ1v) is 13.0. The first kappa shape index (κ1) is 22.9. The summed E-state index contributed by atoms with van der Waals surface area (Å²) in [6, 6.07) is 33.8. The van der Waals surface area contributed by atoms with Crippen LogP contribution in [-0.4, -0.2) is 15.0 Å². The fourth-order valence-corrected chi connectivity index (χ4v) is 5.42. The van der Waals surface area contributed by atoms with E-state index in [9.17, 15) is 5.26 Å². The predicted molar refractivity (Wildman–Crippen MR) is 160 cm³/mol. The van der Waals surface area contributed by atoms with Crippen molar-refractivity contribution in [2.24, 2.45) is 0 Å². The van der Waals surface area contributed by atoms with Crippen molar-refractivity contribution < 1.29 is 0 Å². The average molecular weight is 507 g/mol. The second kappa shape index (κ2) is 9.23. The molecule has 188 valence electrons. The molecule has 7 rings (SSSR count). The van der Waals surface area contributed by atoms with Crippen LogP contribution in [0.2, 0.25) is 0 Å². The Balaban J connectivity index is 1.13. The van der Waals surface area contributed by atoms with Crippen molar-refractivity contribution in [3.63, 3.8) is 0 Å². The molecule has 0 spiro atoms. The number of hydrogen-bond acceptors (Lipinski definition) is 4. The number of nitriles is 1. The third-order valence-corrected chi connectivity index (χ3v) is 7.40. The van der Waals surface area contributed by atoms with Crippen LogP contribution in [0.15, 0.2) is 91.0 Å². The van der Waals surface area contributed by atoms with E-state index in [1.165, 1.54) is 21.5 Å². The van der Waals surface area contributed by atoms with E-state index in [0.717, 1.165) is 44.6 Å². The Hall–Kier alpha value is -5.28. The van der Waals surface area contributed by atoms with E-state index in [-0.39, 0.29) is 0 Å². The number of nitrogens with one attached hydrogen (secondary N) is 4. The van der Waals surface area contributed by atoms with Crippen molar-refractivity contribution in [2.75, 3.05) is 10.6 Å². The summed E-state index contributed by atoms with van der Waals surface area (Å²) in [7, 11) is 0. The van der Waals surface area contributed by atoms with Gasteiger partial charge in [-0.05, 0) is 66.1 Å². The van der Waals surface area contributed by atoms with Crippen LogP contribution in [0.4, 0.5) is 11.6 Å². The standard InChI is InChI=1S/C33H26N6/c1-20-14-32(35-18-21-10-12-30-25(15-21)23-6-2-4-8-28(23)37-30)39-33(27(20)17-34)36-19-22-11-13-31-26(16-22)24-7-3-5-9-29(24)38-31/h2-16,37-38H,18-19H2,1H3,(H2,35,36,39). The number of fused-ring (bicyclic) bond motifs is 6. The Morgan fingerprint density at radius 3 is 1.79 bits per heavy atom. The SMILES string of the molecule is Cc1cc(NCc2ccc3[nH]c4ccccc4c3c2)nc(NCc2ccc3[nH]c4ccccc4c3c2)c1C#N. The molecule has 0 fully saturated rings. The van der Waals surface area contributed by atoms with Crippen LogP contribution in [0.25, 0.3) is 43.6 Å². The normalized spacial score (nSPS) is 11.4. The van der Waals surface area contributed by atoms with E-state index in [0.29, 0.717) is 24.5 Å². The van der Waals surface area contributed by atoms with Gasteiger partial charge < -0.3 is 20.6 Å². The second-order valence-corrected chi connectivity index (χ2v) is 9.97. The molecule has 0 amide bonds. The minimum Gasteiger partial charge on any atom is -0.366 e. The summed E-state index contributed by atoms with van der Waals surface area (Å²) in [4.78, 5) is 11.7. The monoisotopic (exact) mass is 506 g/mol. The van der Waals surface area contributed by atoms with Gasteiger partial charge >= 0.3 is 0 Å². The molecule has 4 N–H and O–H groups in total. The van der Waals surface area contributed by atoms with Gasteiger partial charge in [0.1, 0.15) is 17.7 Å². The van der Waals surface area contributed by atoms with E-state index in [1.807, 2.05) is 25.1 Å². The predicted octanol–water partition coefficient (Wildman–Crippen LogP) is 7.75. The molecular weight excluding hydrogens is 480 g/mol. The molecule has 0 bridgehead atoms. The summed E-state index contributed by atoms with van der Waals surface area (Å²) < 4.78 is 0. The van der Waals surface area contributed by atoms with Gasteiger partial charge in [-0.15, -0.1) is 0 Å². The fraction of sp³-hybridized carbons (Fsp3) is 0.0909.